The Morgan fingerprint density at radius 1 is 1.14 bits per heavy atom. The zero-order chi connectivity index (χ0) is 17.5. The van der Waals surface area contributed by atoms with Gasteiger partial charge in [-0.05, 0) is 32.2 Å². The molecule has 0 radical (unpaired) electrons. The number of aliphatic carboxylic acids is 2. The molecule has 8 nitrogen and oxygen atoms in total. The highest BCUT2D eigenvalue weighted by molar-refractivity contribution is 5.99. The minimum Gasteiger partial charge on any atom is -0.481 e. The fraction of sp³-hybridized carbons (Fsp3) is 0.643. The first kappa shape index (κ1) is 22.1. The lowest BCUT2D eigenvalue weighted by Gasteiger charge is -2.08. The van der Waals surface area contributed by atoms with Crippen LogP contribution in [-0.4, -0.2) is 40.5 Å². The van der Waals surface area contributed by atoms with Gasteiger partial charge in [-0.2, -0.15) is 0 Å². The van der Waals surface area contributed by atoms with E-state index in [1.54, 1.807) is 0 Å². The van der Waals surface area contributed by atoms with Crippen LogP contribution in [0.25, 0.3) is 0 Å². The van der Waals surface area contributed by atoms with E-state index in [1.807, 2.05) is 5.87 Å². The molecule has 7 N–H and O–H groups in total. The first-order valence-electron chi connectivity index (χ1n) is 6.97. The Bertz CT molecular complexity index is 417. The van der Waals surface area contributed by atoms with Crippen LogP contribution in [0.3, 0.4) is 0 Å². The third-order valence-electron chi connectivity index (χ3n) is 2.83. The zero-order valence-electron chi connectivity index (χ0n) is 12.8. The molecular weight excluding hydrogens is 290 g/mol. The van der Waals surface area contributed by atoms with Gasteiger partial charge in [0.1, 0.15) is 0 Å². The van der Waals surface area contributed by atoms with Crippen molar-refractivity contribution in [3.8, 4) is 0 Å². The van der Waals surface area contributed by atoms with Crippen molar-refractivity contribution < 1.29 is 24.6 Å². The summed E-state index contributed by atoms with van der Waals surface area (Å²) in [5.74, 6) is -1.55. The van der Waals surface area contributed by atoms with E-state index in [0.29, 0.717) is 13.0 Å². The molecule has 22 heavy (non-hydrogen) atoms. The summed E-state index contributed by atoms with van der Waals surface area (Å²) < 4.78 is 0. The predicted octanol–water partition coefficient (Wildman–Crippen LogP) is 0.738. The monoisotopic (exact) mass is 315 g/mol. The van der Waals surface area contributed by atoms with Crippen LogP contribution < -0.4 is 11.5 Å². The Kier molecular flexibility index (Phi) is 13.9. The normalized spacial score (nSPS) is 10.6. The third kappa shape index (κ3) is 14.2. The molecule has 0 bridgehead atoms. The van der Waals surface area contributed by atoms with Crippen molar-refractivity contribution in [3.63, 3.8) is 0 Å². The van der Waals surface area contributed by atoms with E-state index in [1.165, 1.54) is 6.92 Å². The van der Waals surface area contributed by atoms with Crippen LogP contribution in [0, 0.1) is 11.3 Å². The number of nitrogens with two attached hydrogens (primary N) is 2. The van der Waals surface area contributed by atoms with E-state index in [-0.39, 0.29) is 12.0 Å². The molecular formula is C14H25N3O5. The lowest BCUT2D eigenvalue weighted by Crippen LogP contribution is -2.17. The number of primary amides is 1. The molecule has 1 atom stereocenters. The molecule has 0 fully saturated rings. The van der Waals surface area contributed by atoms with Crippen molar-refractivity contribution in [2.24, 2.45) is 17.4 Å². The Labute approximate surface area is 129 Å². The molecule has 0 aromatic carbocycles. The Morgan fingerprint density at radius 2 is 1.68 bits per heavy atom. The van der Waals surface area contributed by atoms with Gasteiger partial charge in [0.05, 0.1) is 17.9 Å². The zero-order valence-corrected chi connectivity index (χ0v) is 12.8. The molecule has 0 spiro atoms. The fourth-order valence-electron chi connectivity index (χ4n) is 1.47. The van der Waals surface area contributed by atoms with Crippen LogP contribution in [0.15, 0.2) is 5.57 Å². The number of carboxylic acids is 2. The van der Waals surface area contributed by atoms with E-state index in [2.05, 4.69) is 5.73 Å². The number of amides is 1. The second-order valence-corrected chi connectivity index (χ2v) is 4.74. The van der Waals surface area contributed by atoms with Gasteiger partial charge < -0.3 is 21.7 Å². The smallest absolute Gasteiger partial charge is 0.307 e. The summed E-state index contributed by atoms with van der Waals surface area (Å²) in [7, 11) is 0. The first-order valence-corrected chi connectivity index (χ1v) is 6.97. The maximum absolute atomic E-state index is 10.7. The maximum atomic E-state index is 10.7. The van der Waals surface area contributed by atoms with Gasteiger partial charge >= 0.3 is 11.9 Å². The number of hydrogen-bond acceptors (Lipinski definition) is 5. The summed E-state index contributed by atoms with van der Waals surface area (Å²) in [6, 6.07) is 0. The SMILES string of the molecule is CC(=C=N)C(N)=O.NCCCCCCC(CC(=O)O)C(=O)O. The molecule has 8 heteroatoms. The number of carboxylic acid groups (broad SMARTS) is 2. The summed E-state index contributed by atoms with van der Waals surface area (Å²) in [6.07, 6.45) is 3.75. The Balaban J connectivity index is 0. The van der Waals surface area contributed by atoms with Gasteiger partial charge in [0.2, 0.25) is 0 Å². The highest BCUT2D eigenvalue weighted by Crippen LogP contribution is 2.14. The van der Waals surface area contributed by atoms with Gasteiger partial charge in [-0.3, -0.25) is 19.8 Å². The summed E-state index contributed by atoms with van der Waals surface area (Å²) in [5.41, 5.74) is 10.2. The lowest BCUT2D eigenvalue weighted by molar-refractivity contribution is -0.148. The highest BCUT2D eigenvalue weighted by atomic mass is 16.4. The fourth-order valence-corrected chi connectivity index (χ4v) is 1.47. The minimum absolute atomic E-state index is 0.153. The Morgan fingerprint density at radius 3 is 2.00 bits per heavy atom. The standard InChI is InChI=1S/C10H19NO4.C4H6N2O/c11-6-4-2-1-3-5-8(10(14)15)7-9(12)13;1-3(2-5)4(6)7/h8H,1-7,11H2,(H,12,13)(H,14,15);5H,1H3,(H2,6,7). The highest BCUT2D eigenvalue weighted by Gasteiger charge is 2.19. The molecule has 126 valence electrons. The van der Waals surface area contributed by atoms with E-state index in [9.17, 15) is 14.4 Å². The number of nitrogens with one attached hydrogen (secondary N) is 1. The van der Waals surface area contributed by atoms with Gasteiger partial charge in [-0.15, -0.1) is 0 Å². The van der Waals surface area contributed by atoms with Gasteiger partial charge in [-0.25, -0.2) is 0 Å². The average Bonchev–Trinajstić information content (AvgIpc) is 2.44. The number of rotatable bonds is 10. The van der Waals surface area contributed by atoms with Crippen molar-refractivity contribution in [1.29, 1.82) is 5.41 Å². The molecule has 1 amide bonds. The van der Waals surface area contributed by atoms with Gasteiger partial charge in [0, 0.05) is 0 Å². The van der Waals surface area contributed by atoms with E-state index < -0.39 is 23.8 Å². The second-order valence-electron chi connectivity index (χ2n) is 4.74. The largest absolute Gasteiger partial charge is 0.481 e. The summed E-state index contributed by atoms with van der Waals surface area (Å²) in [6.45, 7) is 2.09. The molecule has 0 aliphatic heterocycles. The van der Waals surface area contributed by atoms with E-state index in [4.69, 9.17) is 21.4 Å². The third-order valence-corrected chi connectivity index (χ3v) is 2.83. The van der Waals surface area contributed by atoms with Crippen LogP contribution in [0.4, 0.5) is 0 Å². The van der Waals surface area contributed by atoms with Crippen LogP contribution in [-0.2, 0) is 14.4 Å². The molecule has 0 heterocycles. The first-order chi connectivity index (χ1) is 10.3. The predicted molar refractivity (Wildman–Crippen MR) is 81.6 cm³/mol. The number of carbonyl (C=O) groups excluding carboxylic acids is 1. The molecule has 0 aromatic heterocycles. The Hall–Kier alpha value is -2.18. The molecule has 1 unspecified atom stereocenters. The topological polar surface area (TPSA) is 168 Å². The molecule has 0 saturated heterocycles. The molecule has 0 aliphatic carbocycles. The van der Waals surface area contributed by atoms with Crippen molar-refractivity contribution >= 4 is 23.7 Å². The summed E-state index contributed by atoms with van der Waals surface area (Å²) in [5, 5.41) is 23.6. The molecule has 0 saturated carbocycles. The molecule has 0 aliphatic rings. The second kappa shape index (κ2) is 13.8. The van der Waals surface area contributed by atoms with Crippen molar-refractivity contribution in [3.05, 3.63) is 5.57 Å². The van der Waals surface area contributed by atoms with Crippen molar-refractivity contribution in [2.45, 2.75) is 45.4 Å². The van der Waals surface area contributed by atoms with Crippen LogP contribution in [0.2, 0.25) is 0 Å². The quantitative estimate of drug-likeness (QED) is 0.226. The summed E-state index contributed by atoms with van der Waals surface area (Å²) >= 11 is 0. The molecule has 0 aromatic rings. The maximum Gasteiger partial charge on any atom is 0.307 e. The number of carbonyl (C=O) groups is 3. The molecule has 0 rings (SSSR count). The van der Waals surface area contributed by atoms with Gasteiger partial charge in [0.25, 0.3) is 5.91 Å². The minimum atomic E-state index is -1.05. The number of hydrogen-bond donors (Lipinski definition) is 5. The van der Waals surface area contributed by atoms with Crippen LogP contribution in [0.5, 0.6) is 0 Å². The summed E-state index contributed by atoms with van der Waals surface area (Å²) in [4.78, 5) is 31.0. The van der Waals surface area contributed by atoms with Crippen molar-refractivity contribution in [1.82, 2.24) is 0 Å². The van der Waals surface area contributed by atoms with E-state index in [0.717, 1.165) is 25.7 Å². The van der Waals surface area contributed by atoms with Gasteiger partial charge in [0.15, 0.2) is 0 Å². The number of unbranched alkanes of at least 4 members (excludes halogenated alkanes) is 3. The average molecular weight is 315 g/mol. The van der Waals surface area contributed by atoms with Crippen molar-refractivity contribution in [2.75, 3.05) is 6.54 Å². The van der Waals surface area contributed by atoms with E-state index >= 15 is 0 Å². The van der Waals surface area contributed by atoms with Crippen LogP contribution >= 0.6 is 0 Å². The van der Waals surface area contributed by atoms with Gasteiger partial charge in [-0.1, -0.05) is 19.3 Å². The lowest BCUT2D eigenvalue weighted by atomic mass is 9.98. The van der Waals surface area contributed by atoms with Crippen LogP contribution in [0.1, 0.15) is 45.4 Å².